The summed E-state index contributed by atoms with van der Waals surface area (Å²) >= 11 is 0. The molecule has 4 rings (SSSR count). The van der Waals surface area contributed by atoms with Crippen molar-refractivity contribution in [2.24, 2.45) is 0 Å². The molecule has 2 aliphatic rings. The third-order valence-electron chi connectivity index (χ3n) is 4.93. The molecule has 130 valence electrons. The van der Waals surface area contributed by atoms with Crippen LogP contribution in [0.3, 0.4) is 0 Å². The molecule has 0 spiro atoms. The van der Waals surface area contributed by atoms with Gasteiger partial charge in [0.2, 0.25) is 0 Å². The quantitative estimate of drug-likeness (QED) is 0.683. The van der Waals surface area contributed by atoms with Gasteiger partial charge in [-0.15, -0.1) is 0 Å². The van der Waals surface area contributed by atoms with Gasteiger partial charge in [0.25, 0.3) is 0 Å². The van der Waals surface area contributed by atoms with Crippen molar-refractivity contribution in [3.63, 3.8) is 0 Å². The van der Waals surface area contributed by atoms with Gasteiger partial charge in [0, 0.05) is 13.1 Å². The highest BCUT2D eigenvalue weighted by atomic mass is 16.6. The van der Waals surface area contributed by atoms with Crippen molar-refractivity contribution in [1.29, 1.82) is 0 Å². The molecule has 2 fully saturated rings. The predicted octanol–water partition coefficient (Wildman–Crippen LogP) is -0.572. The minimum atomic E-state index is -1.57. The van der Waals surface area contributed by atoms with Crippen LogP contribution in [0.5, 0.6) is 0 Å². The van der Waals surface area contributed by atoms with Crippen molar-refractivity contribution in [2.45, 2.75) is 43.8 Å². The van der Waals surface area contributed by atoms with Crippen LogP contribution in [0.25, 0.3) is 11.2 Å². The van der Waals surface area contributed by atoms with E-state index in [-0.39, 0.29) is 6.61 Å². The van der Waals surface area contributed by atoms with Gasteiger partial charge in [-0.05, 0) is 19.8 Å². The first-order valence-electron chi connectivity index (χ1n) is 8.13. The fourth-order valence-electron chi connectivity index (χ4n) is 3.56. The second kappa shape index (κ2) is 5.62. The summed E-state index contributed by atoms with van der Waals surface area (Å²) in [7, 11) is 0. The molecular weight excluding hydrogens is 314 g/mol. The van der Waals surface area contributed by atoms with E-state index < -0.39 is 24.0 Å². The summed E-state index contributed by atoms with van der Waals surface area (Å²) in [6.07, 6.45) is 2.29. The average Bonchev–Trinajstić information content (AvgIpc) is 3.28. The van der Waals surface area contributed by atoms with Gasteiger partial charge in [-0.25, -0.2) is 15.0 Å². The van der Waals surface area contributed by atoms with E-state index in [0.29, 0.717) is 11.2 Å². The molecule has 2 aromatic heterocycles. The number of ether oxygens (including phenoxy) is 1. The predicted molar refractivity (Wildman–Crippen MR) is 84.4 cm³/mol. The van der Waals surface area contributed by atoms with Crippen LogP contribution in [0.1, 0.15) is 26.0 Å². The van der Waals surface area contributed by atoms with E-state index in [1.807, 2.05) is 0 Å². The van der Waals surface area contributed by atoms with E-state index in [9.17, 15) is 15.3 Å². The Balaban J connectivity index is 1.77. The lowest BCUT2D eigenvalue weighted by atomic mass is 9.96. The lowest BCUT2D eigenvalue weighted by Crippen LogP contribution is -2.44. The standard InChI is InChI=1S/C15H21N5O4/c1-15(23)11(22)9(6-21)24-14(15)20-8-18-10-12(16-7-17-13(10)20)19-4-2-3-5-19/h7-9,11,14,21-23H,2-6H2,1H3. The third kappa shape index (κ3) is 2.20. The molecule has 2 aromatic rings. The highest BCUT2D eigenvalue weighted by Crippen LogP contribution is 2.39. The minimum Gasteiger partial charge on any atom is -0.394 e. The Kier molecular flexibility index (Phi) is 3.68. The number of imidazole rings is 1. The van der Waals surface area contributed by atoms with Crippen molar-refractivity contribution in [3.05, 3.63) is 12.7 Å². The van der Waals surface area contributed by atoms with E-state index >= 15 is 0 Å². The van der Waals surface area contributed by atoms with Crippen LogP contribution in [-0.4, -0.2) is 72.3 Å². The van der Waals surface area contributed by atoms with Gasteiger partial charge >= 0.3 is 0 Å². The molecule has 4 atom stereocenters. The molecule has 4 unspecified atom stereocenters. The zero-order chi connectivity index (χ0) is 16.9. The number of hydrogen-bond acceptors (Lipinski definition) is 8. The first-order valence-corrected chi connectivity index (χ1v) is 8.13. The van der Waals surface area contributed by atoms with Crippen LogP contribution >= 0.6 is 0 Å². The second-order valence-corrected chi connectivity index (χ2v) is 6.60. The molecule has 0 aromatic carbocycles. The molecule has 9 nitrogen and oxygen atoms in total. The van der Waals surface area contributed by atoms with Crippen molar-refractivity contribution < 1.29 is 20.1 Å². The van der Waals surface area contributed by atoms with Crippen molar-refractivity contribution in [2.75, 3.05) is 24.6 Å². The van der Waals surface area contributed by atoms with E-state index in [4.69, 9.17) is 4.74 Å². The van der Waals surface area contributed by atoms with Crippen LogP contribution in [0.2, 0.25) is 0 Å². The second-order valence-electron chi connectivity index (χ2n) is 6.60. The van der Waals surface area contributed by atoms with E-state index in [2.05, 4.69) is 19.9 Å². The van der Waals surface area contributed by atoms with Gasteiger partial charge in [-0.3, -0.25) is 4.57 Å². The van der Waals surface area contributed by atoms with Crippen molar-refractivity contribution in [3.8, 4) is 0 Å². The molecule has 9 heteroatoms. The third-order valence-corrected chi connectivity index (χ3v) is 4.93. The molecule has 2 aliphatic heterocycles. The Bertz CT molecular complexity index is 743. The number of rotatable bonds is 3. The molecule has 0 bridgehead atoms. The van der Waals surface area contributed by atoms with Gasteiger partial charge < -0.3 is 25.0 Å². The summed E-state index contributed by atoms with van der Waals surface area (Å²) in [4.78, 5) is 15.2. The summed E-state index contributed by atoms with van der Waals surface area (Å²) < 4.78 is 7.25. The highest BCUT2D eigenvalue weighted by molar-refractivity contribution is 5.83. The summed E-state index contributed by atoms with van der Waals surface area (Å²) in [5.74, 6) is 0.771. The maximum atomic E-state index is 10.6. The molecule has 0 aliphatic carbocycles. The molecule has 2 saturated heterocycles. The fourth-order valence-corrected chi connectivity index (χ4v) is 3.56. The summed E-state index contributed by atoms with van der Waals surface area (Å²) in [5.41, 5.74) is -0.400. The molecule has 4 heterocycles. The lowest BCUT2D eigenvalue weighted by molar-refractivity contribution is -0.0950. The molecule has 0 radical (unpaired) electrons. The number of aliphatic hydroxyl groups is 3. The van der Waals surface area contributed by atoms with Crippen LogP contribution < -0.4 is 4.90 Å². The van der Waals surface area contributed by atoms with Gasteiger partial charge in [-0.2, -0.15) is 0 Å². The maximum Gasteiger partial charge on any atom is 0.168 e. The van der Waals surface area contributed by atoms with Crippen molar-refractivity contribution >= 4 is 17.0 Å². The number of nitrogens with zero attached hydrogens (tertiary/aromatic N) is 5. The lowest BCUT2D eigenvalue weighted by Gasteiger charge is -2.27. The largest absolute Gasteiger partial charge is 0.394 e. The van der Waals surface area contributed by atoms with Crippen LogP contribution in [-0.2, 0) is 4.74 Å². The SMILES string of the molecule is CC1(O)C(O)C(CO)OC1n1cnc2c(N3CCCC3)ncnc21. The number of fused-ring (bicyclic) bond motifs is 1. The van der Waals surface area contributed by atoms with Gasteiger partial charge in [0.1, 0.15) is 24.1 Å². The normalized spacial score (nSPS) is 33.7. The van der Waals surface area contributed by atoms with Crippen LogP contribution in [0, 0.1) is 0 Å². The maximum absolute atomic E-state index is 10.6. The minimum absolute atomic E-state index is 0.380. The zero-order valence-corrected chi connectivity index (χ0v) is 13.4. The molecule has 0 amide bonds. The topological polar surface area (TPSA) is 117 Å². The summed E-state index contributed by atoms with van der Waals surface area (Å²) in [6.45, 7) is 2.96. The smallest absolute Gasteiger partial charge is 0.168 e. The highest BCUT2D eigenvalue weighted by Gasteiger charge is 2.53. The van der Waals surface area contributed by atoms with E-state index in [1.54, 1.807) is 4.57 Å². The molecule has 3 N–H and O–H groups in total. The van der Waals surface area contributed by atoms with E-state index in [1.165, 1.54) is 19.6 Å². The van der Waals surface area contributed by atoms with Crippen LogP contribution in [0.15, 0.2) is 12.7 Å². The average molecular weight is 335 g/mol. The summed E-state index contributed by atoms with van der Waals surface area (Å²) in [5, 5.41) is 30.2. The Labute approximate surface area is 138 Å². The molecular formula is C15H21N5O4. The number of anilines is 1. The number of aliphatic hydroxyl groups excluding tert-OH is 2. The number of aromatic nitrogens is 4. The molecule has 0 saturated carbocycles. The Morgan fingerprint density at radius 3 is 2.71 bits per heavy atom. The zero-order valence-electron chi connectivity index (χ0n) is 13.4. The Hall–Kier alpha value is -1.81. The fraction of sp³-hybridized carbons (Fsp3) is 0.667. The van der Waals surface area contributed by atoms with Crippen LogP contribution in [0.4, 0.5) is 5.82 Å². The first kappa shape index (κ1) is 15.7. The van der Waals surface area contributed by atoms with Crippen molar-refractivity contribution in [1.82, 2.24) is 19.5 Å². The van der Waals surface area contributed by atoms with E-state index in [0.717, 1.165) is 31.7 Å². The molecule has 24 heavy (non-hydrogen) atoms. The monoisotopic (exact) mass is 335 g/mol. The first-order chi connectivity index (χ1) is 11.5. The number of hydrogen-bond donors (Lipinski definition) is 3. The van der Waals surface area contributed by atoms with Gasteiger partial charge in [-0.1, -0.05) is 0 Å². The Morgan fingerprint density at radius 1 is 1.29 bits per heavy atom. The summed E-state index contributed by atoms with van der Waals surface area (Å²) in [6, 6.07) is 0. The van der Waals surface area contributed by atoms with Gasteiger partial charge in [0.15, 0.2) is 23.2 Å². The Morgan fingerprint density at radius 2 is 2.04 bits per heavy atom. The van der Waals surface area contributed by atoms with Gasteiger partial charge in [0.05, 0.1) is 12.9 Å².